The second kappa shape index (κ2) is 9.54. The van der Waals surface area contributed by atoms with Crippen LogP contribution in [0.4, 0.5) is 19.0 Å². The summed E-state index contributed by atoms with van der Waals surface area (Å²) in [5.41, 5.74) is -1.47. The fourth-order valence-electron chi connectivity index (χ4n) is 5.25. The number of pyridine rings is 1. The highest BCUT2D eigenvalue weighted by molar-refractivity contribution is 5.94. The molecule has 1 saturated carbocycles. The van der Waals surface area contributed by atoms with Crippen molar-refractivity contribution in [3.8, 4) is 5.75 Å². The largest absolute Gasteiger partial charge is 0.478 e. The van der Waals surface area contributed by atoms with E-state index in [0.29, 0.717) is 11.6 Å². The van der Waals surface area contributed by atoms with Gasteiger partial charge in [0.05, 0.1) is 11.1 Å². The van der Waals surface area contributed by atoms with Crippen molar-refractivity contribution in [2.24, 2.45) is 0 Å². The molecule has 2 aromatic rings. The number of hydrogen-bond donors (Lipinski definition) is 2. The zero-order valence-electron chi connectivity index (χ0n) is 20.8. The summed E-state index contributed by atoms with van der Waals surface area (Å²) in [6.07, 6.45) is 2.76. The number of carbonyl (C=O) groups excluding carboxylic acids is 2. The van der Waals surface area contributed by atoms with Gasteiger partial charge in [0.1, 0.15) is 11.6 Å². The standard InChI is InChI=1S/C27H31F3N4O3/c1-26(2,37-22-10-4-17(5-11-22)27(28,29)30)25(36)33-19-13-20-8-9-21(14-19)34(20)23-12-3-16(15-31-23)24(35)32-18-6-7-18/h3-5,10-12,15,18-21H,6-9,13-14H2,1-2H3,(H,32,35)(H,33,36)/t19?,20-,21+. The van der Waals surface area contributed by atoms with E-state index >= 15 is 0 Å². The Bertz CT molecular complexity index is 1130. The number of amides is 2. The minimum Gasteiger partial charge on any atom is -0.478 e. The summed E-state index contributed by atoms with van der Waals surface area (Å²) in [5, 5.41) is 6.06. The van der Waals surface area contributed by atoms with Crippen molar-refractivity contribution in [2.75, 3.05) is 4.90 Å². The predicted molar refractivity (Wildman–Crippen MR) is 131 cm³/mol. The average Bonchev–Trinajstić information content (AvgIpc) is 3.61. The molecule has 3 fully saturated rings. The zero-order valence-corrected chi connectivity index (χ0v) is 20.8. The number of anilines is 1. The SMILES string of the molecule is CC(C)(Oc1ccc(C(F)(F)F)cc1)C(=O)NC1C[C@H]2CC[C@@H](C1)N2c1ccc(C(=O)NC2CC2)cn1. The summed E-state index contributed by atoms with van der Waals surface area (Å²) in [5.74, 6) is 0.635. The molecular weight excluding hydrogens is 485 g/mol. The number of halogens is 3. The Labute approximate surface area is 213 Å². The van der Waals surface area contributed by atoms with Gasteiger partial charge in [0, 0.05) is 30.4 Å². The van der Waals surface area contributed by atoms with Gasteiger partial charge in [-0.15, -0.1) is 0 Å². The first-order valence-corrected chi connectivity index (χ1v) is 12.7. The maximum atomic E-state index is 13.1. The molecule has 5 rings (SSSR count). The Balaban J connectivity index is 1.17. The molecule has 10 heteroatoms. The molecule has 2 N–H and O–H groups in total. The van der Waals surface area contributed by atoms with Crippen LogP contribution in [-0.2, 0) is 11.0 Å². The van der Waals surface area contributed by atoms with E-state index in [4.69, 9.17) is 4.74 Å². The lowest BCUT2D eigenvalue weighted by molar-refractivity contribution is -0.138. The Kier molecular flexibility index (Phi) is 6.53. The van der Waals surface area contributed by atoms with Gasteiger partial charge in [0.25, 0.3) is 11.8 Å². The number of benzene rings is 1. The molecule has 2 amide bonds. The van der Waals surface area contributed by atoms with Crippen LogP contribution >= 0.6 is 0 Å². The third-order valence-electron chi connectivity index (χ3n) is 7.36. The van der Waals surface area contributed by atoms with Crippen LogP contribution in [0.25, 0.3) is 0 Å². The fraction of sp³-hybridized carbons (Fsp3) is 0.519. The quantitative estimate of drug-likeness (QED) is 0.568. The maximum absolute atomic E-state index is 13.1. The van der Waals surface area contributed by atoms with E-state index in [2.05, 4.69) is 20.5 Å². The van der Waals surface area contributed by atoms with Crippen LogP contribution in [0.3, 0.4) is 0 Å². The summed E-state index contributed by atoms with van der Waals surface area (Å²) in [6.45, 7) is 3.21. The molecule has 3 atom stereocenters. The number of ether oxygens (including phenoxy) is 1. The number of fused-ring (bicyclic) bond motifs is 2. The van der Waals surface area contributed by atoms with E-state index in [0.717, 1.165) is 56.5 Å². The van der Waals surface area contributed by atoms with E-state index < -0.39 is 17.3 Å². The molecule has 2 bridgehead atoms. The van der Waals surface area contributed by atoms with Gasteiger partial charge in [-0.05, 0) is 88.8 Å². The summed E-state index contributed by atoms with van der Waals surface area (Å²) < 4.78 is 44.2. The average molecular weight is 517 g/mol. The van der Waals surface area contributed by atoms with Crippen LogP contribution < -0.4 is 20.3 Å². The van der Waals surface area contributed by atoms with Crippen molar-refractivity contribution in [1.82, 2.24) is 15.6 Å². The Morgan fingerprint density at radius 3 is 2.11 bits per heavy atom. The highest BCUT2D eigenvalue weighted by atomic mass is 19.4. The number of hydrogen-bond acceptors (Lipinski definition) is 5. The van der Waals surface area contributed by atoms with E-state index in [-0.39, 0.29) is 35.7 Å². The molecule has 0 radical (unpaired) electrons. The molecule has 3 aliphatic rings. The van der Waals surface area contributed by atoms with Gasteiger partial charge in [-0.25, -0.2) is 4.98 Å². The monoisotopic (exact) mass is 516 g/mol. The van der Waals surface area contributed by atoms with Crippen molar-refractivity contribution in [3.63, 3.8) is 0 Å². The Morgan fingerprint density at radius 1 is 0.919 bits per heavy atom. The van der Waals surface area contributed by atoms with Gasteiger partial charge in [0.15, 0.2) is 5.60 Å². The number of rotatable bonds is 7. The van der Waals surface area contributed by atoms with Crippen molar-refractivity contribution >= 4 is 17.6 Å². The summed E-state index contributed by atoms with van der Waals surface area (Å²) in [7, 11) is 0. The zero-order chi connectivity index (χ0) is 26.4. The summed E-state index contributed by atoms with van der Waals surface area (Å²) in [6, 6.07) is 8.75. The topological polar surface area (TPSA) is 83.6 Å². The summed E-state index contributed by atoms with van der Waals surface area (Å²) >= 11 is 0. The highest BCUT2D eigenvalue weighted by Crippen LogP contribution is 2.39. The van der Waals surface area contributed by atoms with Crippen LogP contribution in [0.1, 0.15) is 68.3 Å². The van der Waals surface area contributed by atoms with Crippen molar-refractivity contribution in [3.05, 3.63) is 53.7 Å². The van der Waals surface area contributed by atoms with Gasteiger partial charge in [-0.1, -0.05) is 0 Å². The fourth-order valence-corrected chi connectivity index (χ4v) is 5.25. The molecule has 2 aliphatic heterocycles. The lowest BCUT2D eigenvalue weighted by Gasteiger charge is -2.40. The molecule has 1 unspecified atom stereocenters. The number of nitrogens with one attached hydrogen (secondary N) is 2. The van der Waals surface area contributed by atoms with Crippen molar-refractivity contribution < 1.29 is 27.5 Å². The number of nitrogens with zero attached hydrogens (tertiary/aromatic N) is 2. The molecule has 7 nitrogen and oxygen atoms in total. The van der Waals surface area contributed by atoms with Gasteiger partial charge in [-0.2, -0.15) is 13.2 Å². The smallest absolute Gasteiger partial charge is 0.416 e. The summed E-state index contributed by atoms with van der Waals surface area (Å²) in [4.78, 5) is 32.2. The van der Waals surface area contributed by atoms with Gasteiger partial charge < -0.3 is 20.3 Å². The van der Waals surface area contributed by atoms with Crippen LogP contribution in [0.15, 0.2) is 42.6 Å². The van der Waals surface area contributed by atoms with E-state index in [1.54, 1.807) is 20.0 Å². The van der Waals surface area contributed by atoms with Crippen LogP contribution in [0.2, 0.25) is 0 Å². The first kappa shape index (κ1) is 25.4. The molecule has 37 heavy (non-hydrogen) atoms. The minimum absolute atomic E-state index is 0.0414. The number of carbonyl (C=O) groups is 2. The maximum Gasteiger partial charge on any atom is 0.416 e. The molecule has 1 aromatic carbocycles. The molecule has 3 heterocycles. The van der Waals surface area contributed by atoms with Gasteiger partial charge in [0.2, 0.25) is 0 Å². The van der Waals surface area contributed by atoms with Crippen molar-refractivity contribution in [2.45, 2.75) is 88.3 Å². The molecule has 2 saturated heterocycles. The van der Waals surface area contributed by atoms with Gasteiger partial charge in [-0.3, -0.25) is 9.59 Å². The van der Waals surface area contributed by atoms with E-state index in [1.807, 2.05) is 12.1 Å². The number of alkyl halides is 3. The molecule has 1 aliphatic carbocycles. The molecular formula is C27H31F3N4O3. The third-order valence-corrected chi connectivity index (χ3v) is 7.36. The number of piperidine rings is 1. The first-order chi connectivity index (χ1) is 17.5. The normalized spacial score (nSPS) is 23.5. The van der Waals surface area contributed by atoms with E-state index in [1.165, 1.54) is 12.1 Å². The Morgan fingerprint density at radius 2 is 1.57 bits per heavy atom. The predicted octanol–water partition coefficient (Wildman–Crippen LogP) is 4.47. The second-order valence-corrected chi connectivity index (χ2v) is 10.7. The third kappa shape index (κ3) is 5.67. The van der Waals surface area contributed by atoms with Gasteiger partial charge >= 0.3 is 6.18 Å². The van der Waals surface area contributed by atoms with Crippen LogP contribution in [0.5, 0.6) is 5.75 Å². The molecule has 0 spiro atoms. The lowest BCUT2D eigenvalue weighted by Crippen LogP contribution is -2.55. The van der Waals surface area contributed by atoms with Crippen LogP contribution in [-0.4, -0.2) is 46.6 Å². The van der Waals surface area contributed by atoms with Crippen LogP contribution in [0, 0.1) is 0 Å². The first-order valence-electron chi connectivity index (χ1n) is 12.7. The van der Waals surface area contributed by atoms with Crippen molar-refractivity contribution in [1.29, 1.82) is 0 Å². The second-order valence-electron chi connectivity index (χ2n) is 10.7. The van der Waals surface area contributed by atoms with E-state index in [9.17, 15) is 22.8 Å². The Hall–Kier alpha value is -3.30. The lowest BCUT2D eigenvalue weighted by atomic mass is 9.96. The minimum atomic E-state index is -4.43. The molecule has 1 aromatic heterocycles. The number of aromatic nitrogens is 1. The highest BCUT2D eigenvalue weighted by Gasteiger charge is 2.43. The molecule has 198 valence electrons.